The molecule has 136 valence electrons. The van der Waals surface area contributed by atoms with Gasteiger partial charge in [-0.1, -0.05) is 54.5 Å². The summed E-state index contributed by atoms with van der Waals surface area (Å²) in [5.41, 5.74) is 1.46. The van der Waals surface area contributed by atoms with Crippen molar-refractivity contribution in [2.24, 2.45) is 4.36 Å². The molecule has 0 aliphatic carbocycles. The van der Waals surface area contributed by atoms with Gasteiger partial charge in [-0.3, -0.25) is 9.78 Å². The number of hydrogen-bond acceptors (Lipinski definition) is 5. The second kappa shape index (κ2) is 9.32. The molecule has 5 nitrogen and oxygen atoms in total. The molecule has 0 saturated carbocycles. The quantitative estimate of drug-likeness (QED) is 0.537. The topological polar surface area (TPSA) is 79.6 Å². The number of carbonyl (C=O) groups is 1. The number of benzene rings is 2. The average Bonchev–Trinajstić information content (AvgIpc) is 2.68. The van der Waals surface area contributed by atoms with Crippen LogP contribution in [-0.4, -0.2) is 16.0 Å². The molecule has 0 unspecified atom stereocenters. The number of aromatic hydroxyl groups is 1. The number of hydrogen-bond donors (Lipinski definition) is 1. The van der Waals surface area contributed by atoms with E-state index in [9.17, 15) is 14.1 Å². The molecular formula is C21H17N2O3S-. The number of phenols is 1. The van der Waals surface area contributed by atoms with Crippen molar-refractivity contribution in [2.45, 2.75) is 12.3 Å². The van der Waals surface area contributed by atoms with Crippen molar-refractivity contribution in [1.82, 2.24) is 4.98 Å². The Balaban J connectivity index is 0.00000261. The zero-order chi connectivity index (χ0) is 18.4. The Morgan fingerprint density at radius 2 is 1.63 bits per heavy atom. The van der Waals surface area contributed by atoms with Crippen molar-refractivity contribution in [1.29, 1.82) is 0 Å². The van der Waals surface area contributed by atoms with Crippen molar-refractivity contribution in [3.63, 3.8) is 0 Å². The molecule has 0 saturated heterocycles. The summed E-state index contributed by atoms with van der Waals surface area (Å²) >= 11 is 0. The van der Waals surface area contributed by atoms with Crippen LogP contribution in [0.15, 0.2) is 82.3 Å². The lowest BCUT2D eigenvalue weighted by Crippen LogP contribution is -1.97. The third-order valence-electron chi connectivity index (χ3n) is 3.31. The molecule has 0 atom stereocenters. The van der Waals surface area contributed by atoms with Gasteiger partial charge < -0.3 is 13.7 Å². The Bertz CT molecular complexity index is 1080. The maximum atomic E-state index is 12.2. The van der Waals surface area contributed by atoms with E-state index in [1.165, 1.54) is 12.4 Å². The van der Waals surface area contributed by atoms with E-state index in [1.54, 1.807) is 60.7 Å². The van der Waals surface area contributed by atoms with Gasteiger partial charge in [0.15, 0.2) is 0 Å². The first kappa shape index (κ1) is 19.9. The van der Waals surface area contributed by atoms with Crippen molar-refractivity contribution in [3.05, 3.63) is 89.7 Å². The minimum Gasteiger partial charge on any atom is -0.508 e. The molecule has 0 radical (unpaired) electrons. The Hall–Kier alpha value is -3.43. The highest BCUT2D eigenvalue weighted by Crippen LogP contribution is 2.10. The number of amides is 1. The molecule has 6 heteroatoms. The third kappa shape index (κ3) is 5.53. The van der Waals surface area contributed by atoms with Crippen LogP contribution in [0.3, 0.4) is 0 Å². The monoisotopic (exact) mass is 377 g/mol. The minimum atomic E-state index is -1.77. The Kier molecular flexibility index (Phi) is 6.86. The molecule has 27 heavy (non-hydrogen) atoms. The summed E-state index contributed by atoms with van der Waals surface area (Å²) in [6.07, 6.45) is 2.89. The second-order valence-corrected chi connectivity index (χ2v) is 6.37. The maximum absolute atomic E-state index is 12.2. The molecule has 3 rings (SSSR count). The van der Waals surface area contributed by atoms with Gasteiger partial charge in [-0.25, -0.2) is 0 Å². The normalized spacial score (nSPS) is 11.0. The van der Waals surface area contributed by atoms with Gasteiger partial charge >= 0.3 is 0 Å². The van der Waals surface area contributed by atoms with Crippen molar-refractivity contribution in [3.8, 4) is 17.6 Å². The van der Waals surface area contributed by atoms with Crippen molar-refractivity contribution in [2.75, 3.05) is 0 Å². The van der Waals surface area contributed by atoms with E-state index in [1.807, 2.05) is 0 Å². The summed E-state index contributed by atoms with van der Waals surface area (Å²) in [5, 5.41) is 9.26. The molecular weight excluding hydrogens is 360 g/mol. The van der Waals surface area contributed by atoms with E-state index in [-0.39, 0.29) is 18.7 Å². The van der Waals surface area contributed by atoms with E-state index in [0.29, 0.717) is 10.5 Å². The third-order valence-corrected chi connectivity index (χ3v) is 4.32. The molecule has 1 amide bonds. The number of phenolic OH excluding ortho intramolecular Hbond substituents is 1. The van der Waals surface area contributed by atoms with E-state index in [2.05, 4.69) is 21.2 Å². The molecule has 3 aromatic rings. The van der Waals surface area contributed by atoms with Crippen LogP contribution in [0.4, 0.5) is 0 Å². The second-order valence-electron chi connectivity index (χ2n) is 5.22. The molecule has 0 aliphatic heterocycles. The number of carbonyl (C=O) groups excluding carboxylic acids is 1. The lowest BCUT2D eigenvalue weighted by atomic mass is 10.1. The van der Waals surface area contributed by atoms with Gasteiger partial charge in [0.1, 0.15) is 5.75 Å². The highest BCUT2D eigenvalue weighted by molar-refractivity contribution is 7.75. The standard InChI is InChI=1S/C20H13N2O3S.CH4/c23-18-10-8-15(9-11-18)6-7-16-12-17(14-21-13-16)20(24)22-26(25)19-4-2-1-3-5-19;/h1-5,8-14,23H;1H4/q-1;. The average molecular weight is 377 g/mol. The van der Waals surface area contributed by atoms with Crippen LogP contribution in [0.1, 0.15) is 28.9 Å². The minimum absolute atomic E-state index is 0. The Labute approximate surface area is 159 Å². The predicted molar refractivity (Wildman–Crippen MR) is 105 cm³/mol. The van der Waals surface area contributed by atoms with Crippen LogP contribution in [0, 0.1) is 11.8 Å². The summed E-state index contributed by atoms with van der Waals surface area (Å²) in [7, 11) is -1.77. The fraction of sp³-hybridized carbons (Fsp3) is 0.0476. The summed E-state index contributed by atoms with van der Waals surface area (Å²) in [5.74, 6) is 5.36. The maximum Gasteiger partial charge on any atom is 0.255 e. The first-order valence-electron chi connectivity index (χ1n) is 7.61. The summed E-state index contributed by atoms with van der Waals surface area (Å²) in [4.78, 5) is 16.7. The zero-order valence-corrected chi connectivity index (χ0v) is 14.3. The van der Waals surface area contributed by atoms with Gasteiger partial charge in [0.05, 0.1) is 5.56 Å². The lowest BCUT2D eigenvalue weighted by Gasteiger charge is -2.04. The SMILES string of the molecule is C.O=C(N=[S-](=O)c1ccccc1)c1cncc(C#Cc2ccc(O)cc2)c1. The van der Waals surface area contributed by atoms with Crippen LogP contribution < -0.4 is 0 Å². The van der Waals surface area contributed by atoms with Gasteiger partial charge in [-0.05, 0) is 30.3 Å². The highest BCUT2D eigenvalue weighted by Gasteiger charge is 2.02. The van der Waals surface area contributed by atoms with E-state index in [0.717, 1.165) is 5.56 Å². The Morgan fingerprint density at radius 1 is 0.963 bits per heavy atom. The molecule has 1 N–H and O–H groups in total. The molecule has 0 bridgehead atoms. The van der Waals surface area contributed by atoms with Gasteiger partial charge in [0.25, 0.3) is 5.91 Å². The molecule has 2 aromatic carbocycles. The highest BCUT2D eigenvalue weighted by atomic mass is 32.2. The van der Waals surface area contributed by atoms with Gasteiger partial charge in [-0.2, -0.15) is 10.6 Å². The predicted octanol–water partition coefficient (Wildman–Crippen LogP) is 4.17. The summed E-state index contributed by atoms with van der Waals surface area (Å²) in [6.45, 7) is 0. The van der Waals surface area contributed by atoms with E-state index in [4.69, 9.17) is 0 Å². The lowest BCUT2D eigenvalue weighted by molar-refractivity contribution is 0.100. The largest absolute Gasteiger partial charge is 0.508 e. The van der Waals surface area contributed by atoms with Crippen molar-refractivity contribution >= 4 is 16.5 Å². The van der Waals surface area contributed by atoms with Crippen LogP contribution in [0.5, 0.6) is 5.75 Å². The van der Waals surface area contributed by atoms with Crippen LogP contribution in [-0.2, 0) is 14.8 Å². The summed E-state index contributed by atoms with van der Waals surface area (Å²) < 4.78 is 15.8. The zero-order valence-electron chi connectivity index (χ0n) is 13.5. The van der Waals surface area contributed by atoms with Gasteiger partial charge in [0.2, 0.25) is 0 Å². The fourth-order valence-electron chi connectivity index (χ4n) is 2.03. The first-order valence-corrected chi connectivity index (χ1v) is 8.71. The number of aromatic nitrogens is 1. The molecule has 1 aromatic heterocycles. The van der Waals surface area contributed by atoms with Gasteiger partial charge in [0, 0.05) is 23.5 Å². The molecule has 0 fully saturated rings. The van der Waals surface area contributed by atoms with E-state index >= 15 is 0 Å². The molecule has 1 heterocycles. The molecule has 0 spiro atoms. The van der Waals surface area contributed by atoms with Gasteiger partial charge in [-0.15, -0.1) is 0 Å². The number of nitrogens with zero attached hydrogens (tertiary/aromatic N) is 2. The van der Waals surface area contributed by atoms with Crippen molar-refractivity contribution < 1.29 is 14.1 Å². The smallest absolute Gasteiger partial charge is 0.255 e. The first-order chi connectivity index (χ1) is 12.6. The van der Waals surface area contributed by atoms with Crippen LogP contribution in [0.25, 0.3) is 0 Å². The number of pyridine rings is 1. The molecule has 0 aliphatic rings. The fourth-order valence-corrected chi connectivity index (χ4v) is 2.78. The van der Waals surface area contributed by atoms with E-state index < -0.39 is 16.5 Å². The summed E-state index contributed by atoms with van der Waals surface area (Å²) in [6, 6.07) is 16.5. The van der Waals surface area contributed by atoms with Crippen LogP contribution in [0.2, 0.25) is 0 Å². The Morgan fingerprint density at radius 3 is 2.33 bits per heavy atom. The number of rotatable bonds is 2. The van der Waals surface area contributed by atoms with Crippen LogP contribution >= 0.6 is 0 Å².